The number of carbonyl (C=O) groups is 2. The van der Waals surface area contributed by atoms with Gasteiger partial charge >= 0.3 is 0 Å². The minimum Gasteiger partial charge on any atom is -0.493 e. The molecule has 3 rings (SSSR count). The van der Waals surface area contributed by atoms with Crippen LogP contribution in [0.25, 0.3) is 11.4 Å². The Labute approximate surface area is 220 Å². The van der Waals surface area contributed by atoms with Crippen molar-refractivity contribution < 1.29 is 28.6 Å². The minimum atomic E-state index is -1.07. The summed E-state index contributed by atoms with van der Waals surface area (Å²) in [6.07, 6.45) is 0.757. The Bertz CT molecular complexity index is 1220. The van der Waals surface area contributed by atoms with E-state index in [0.717, 1.165) is 11.2 Å². The molecule has 0 aliphatic carbocycles. The lowest BCUT2D eigenvalue weighted by Crippen LogP contribution is -2.46. The number of ether oxygens (including phenoxy) is 2. The van der Waals surface area contributed by atoms with Crippen LogP contribution in [0.3, 0.4) is 0 Å². The molecule has 0 bridgehead atoms. The molecular weight excluding hydrogens is 495 g/mol. The first kappa shape index (κ1) is 28.5. The SMILES string of the molecule is COc1ccc([C@H](C(=O)NCCC(C)C)N(CCO)C(=O)Cn2nnc(-c3ccc(F)cc3)n2)cc1OC. The standard InChI is InChI=1S/C26H33FN6O5/c1-17(2)11-12-28-26(36)24(19-7-10-21(37-3)22(15-19)38-4)32(13-14-34)23(35)16-33-30-25(29-31-33)18-5-8-20(27)9-6-18/h5-10,15,17,24,34H,11-14,16H2,1-4H3,(H,28,36)/t24-/m1/s1. The van der Waals surface area contributed by atoms with Crippen molar-refractivity contribution in [3.8, 4) is 22.9 Å². The van der Waals surface area contributed by atoms with Crippen molar-refractivity contribution in [3.05, 3.63) is 53.8 Å². The molecule has 0 aliphatic rings. The molecule has 0 unspecified atom stereocenters. The van der Waals surface area contributed by atoms with Crippen LogP contribution < -0.4 is 14.8 Å². The summed E-state index contributed by atoms with van der Waals surface area (Å²) in [6, 6.07) is 9.44. The highest BCUT2D eigenvalue weighted by Crippen LogP contribution is 2.32. The van der Waals surface area contributed by atoms with Crippen LogP contribution in [-0.2, 0) is 16.1 Å². The molecule has 2 amide bonds. The highest BCUT2D eigenvalue weighted by atomic mass is 19.1. The monoisotopic (exact) mass is 528 g/mol. The van der Waals surface area contributed by atoms with Gasteiger partial charge in [0.15, 0.2) is 11.5 Å². The number of carbonyl (C=O) groups excluding carboxylic acids is 2. The normalized spacial score (nSPS) is 11.8. The van der Waals surface area contributed by atoms with Crippen molar-refractivity contribution in [2.45, 2.75) is 32.9 Å². The molecule has 0 fully saturated rings. The molecule has 0 spiro atoms. The van der Waals surface area contributed by atoms with Gasteiger partial charge in [-0.1, -0.05) is 19.9 Å². The zero-order valence-corrected chi connectivity index (χ0v) is 21.9. The molecule has 0 aliphatic heterocycles. The number of benzene rings is 2. The van der Waals surface area contributed by atoms with Crippen molar-refractivity contribution in [3.63, 3.8) is 0 Å². The second-order valence-corrected chi connectivity index (χ2v) is 8.95. The maximum atomic E-state index is 13.5. The van der Waals surface area contributed by atoms with E-state index in [2.05, 4.69) is 20.7 Å². The van der Waals surface area contributed by atoms with Gasteiger partial charge in [0.05, 0.1) is 20.8 Å². The molecule has 2 N–H and O–H groups in total. The van der Waals surface area contributed by atoms with E-state index in [9.17, 15) is 19.1 Å². The van der Waals surface area contributed by atoms with Gasteiger partial charge in [0.25, 0.3) is 0 Å². The van der Waals surface area contributed by atoms with E-state index in [1.54, 1.807) is 18.2 Å². The van der Waals surface area contributed by atoms with Crippen molar-refractivity contribution in [1.29, 1.82) is 0 Å². The van der Waals surface area contributed by atoms with Crippen molar-refractivity contribution >= 4 is 11.8 Å². The van der Waals surface area contributed by atoms with Crippen molar-refractivity contribution in [2.75, 3.05) is 33.9 Å². The number of nitrogens with one attached hydrogen (secondary N) is 1. The van der Waals surface area contributed by atoms with Gasteiger partial charge in [0, 0.05) is 18.7 Å². The Morgan fingerprint density at radius 3 is 2.45 bits per heavy atom. The van der Waals surface area contributed by atoms with Crippen LogP contribution in [-0.4, -0.2) is 75.9 Å². The quantitative estimate of drug-likeness (QED) is 0.345. The Balaban J connectivity index is 1.90. The lowest BCUT2D eigenvalue weighted by atomic mass is 10.0. The van der Waals surface area contributed by atoms with E-state index in [-0.39, 0.29) is 25.5 Å². The fourth-order valence-corrected chi connectivity index (χ4v) is 3.82. The topological polar surface area (TPSA) is 132 Å². The maximum absolute atomic E-state index is 13.5. The molecule has 38 heavy (non-hydrogen) atoms. The summed E-state index contributed by atoms with van der Waals surface area (Å²) in [4.78, 5) is 29.3. The van der Waals surface area contributed by atoms with Gasteiger partial charge in [-0.15, -0.1) is 10.2 Å². The van der Waals surface area contributed by atoms with Crippen LogP contribution in [0.15, 0.2) is 42.5 Å². The minimum absolute atomic E-state index is 0.116. The van der Waals surface area contributed by atoms with Crippen molar-refractivity contribution in [1.82, 2.24) is 30.4 Å². The predicted octanol–water partition coefficient (Wildman–Crippen LogP) is 2.22. The molecule has 11 nitrogen and oxygen atoms in total. The van der Waals surface area contributed by atoms with Crippen LogP contribution in [0.4, 0.5) is 4.39 Å². The van der Waals surface area contributed by atoms with Gasteiger partial charge < -0.3 is 24.8 Å². The van der Waals surface area contributed by atoms with Crippen LogP contribution in [0, 0.1) is 11.7 Å². The van der Waals surface area contributed by atoms with E-state index in [0.29, 0.717) is 35.1 Å². The highest BCUT2D eigenvalue weighted by molar-refractivity contribution is 5.89. The number of hydrogen-bond acceptors (Lipinski definition) is 8. The number of aliphatic hydroxyl groups is 1. The van der Waals surface area contributed by atoms with Gasteiger partial charge in [-0.05, 0) is 59.5 Å². The summed E-state index contributed by atoms with van der Waals surface area (Å²) in [5.74, 6) is 0.134. The summed E-state index contributed by atoms with van der Waals surface area (Å²) in [5.41, 5.74) is 1.01. The van der Waals surface area contributed by atoms with E-state index in [1.807, 2.05) is 13.8 Å². The number of aromatic nitrogens is 4. The number of amides is 2. The summed E-state index contributed by atoms with van der Waals surface area (Å²) in [6.45, 7) is 3.69. The van der Waals surface area contributed by atoms with Gasteiger partial charge in [-0.25, -0.2) is 4.39 Å². The van der Waals surface area contributed by atoms with Gasteiger partial charge in [0.1, 0.15) is 18.4 Å². The lowest BCUT2D eigenvalue weighted by molar-refractivity contribution is -0.142. The molecule has 0 saturated heterocycles. The number of hydrogen-bond donors (Lipinski definition) is 2. The number of halogens is 1. The van der Waals surface area contributed by atoms with Crippen molar-refractivity contribution in [2.24, 2.45) is 5.92 Å². The molecule has 0 saturated carbocycles. The lowest BCUT2D eigenvalue weighted by Gasteiger charge is -2.31. The molecule has 0 radical (unpaired) electrons. The summed E-state index contributed by atoms with van der Waals surface area (Å²) in [7, 11) is 2.98. The molecule has 12 heteroatoms. The zero-order valence-electron chi connectivity index (χ0n) is 21.9. The number of tetrazole rings is 1. The molecule has 204 valence electrons. The third-order valence-electron chi connectivity index (χ3n) is 5.80. The third kappa shape index (κ3) is 7.25. The van der Waals surface area contributed by atoms with E-state index in [4.69, 9.17) is 9.47 Å². The second-order valence-electron chi connectivity index (χ2n) is 8.95. The molecule has 3 aromatic rings. The van der Waals surface area contributed by atoms with Crippen LogP contribution in [0.2, 0.25) is 0 Å². The molecular formula is C26H33FN6O5. The predicted molar refractivity (Wildman–Crippen MR) is 137 cm³/mol. The highest BCUT2D eigenvalue weighted by Gasteiger charge is 2.32. The largest absolute Gasteiger partial charge is 0.493 e. The Kier molecular flexibility index (Phi) is 10.1. The fraction of sp³-hybridized carbons (Fsp3) is 0.423. The average molecular weight is 529 g/mol. The van der Waals surface area contributed by atoms with Gasteiger partial charge in [0.2, 0.25) is 17.6 Å². The molecule has 2 aromatic carbocycles. The molecule has 1 heterocycles. The summed E-state index contributed by atoms with van der Waals surface area (Å²) in [5, 5.41) is 24.8. The first-order valence-electron chi connectivity index (χ1n) is 12.2. The Morgan fingerprint density at radius 1 is 1.11 bits per heavy atom. The Morgan fingerprint density at radius 2 is 1.82 bits per heavy atom. The molecule has 1 aromatic heterocycles. The van der Waals surface area contributed by atoms with Crippen LogP contribution >= 0.6 is 0 Å². The fourth-order valence-electron chi connectivity index (χ4n) is 3.82. The van der Waals surface area contributed by atoms with Gasteiger partial charge in [-0.2, -0.15) is 4.80 Å². The Hall–Kier alpha value is -4.06. The molecule has 1 atom stereocenters. The summed E-state index contributed by atoms with van der Waals surface area (Å²) >= 11 is 0. The number of nitrogens with zero attached hydrogens (tertiary/aromatic N) is 5. The average Bonchev–Trinajstić information content (AvgIpc) is 3.36. The number of rotatable bonds is 13. The number of methoxy groups -OCH3 is 2. The zero-order chi connectivity index (χ0) is 27.7. The first-order chi connectivity index (χ1) is 18.3. The maximum Gasteiger partial charge on any atom is 0.247 e. The van der Waals surface area contributed by atoms with E-state index in [1.165, 1.54) is 43.4 Å². The van der Waals surface area contributed by atoms with Gasteiger partial charge in [-0.3, -0.25) is 9.59 Å². The van der Waals surface area contributed by atoms with E-state index < -0.39 is 23.7 Å². The van der Waals surface area contributed by atoms with Crippen LogP contribution in [0.1, 0.15) is 31.9 Å². The van der Waals surface area contributed by atoms with E-state index >= 15 is 0 Å². The van der Waals surface area contributed by atoms with Crippen LogP contribution in [0.5, 0.6) is 11.5 Å². The third-order valence-corrected chi connectivity index (χ3v) is 5.80. The second kappa shape index (κ2) is 13.5. The first-order valence-corrected chi connectivity index (χ1v) is 12.2. The summed E-state index contributed by atoms with van der Waals surface area (Å²) < 4.78 is 24.0. The smallest absolute Gasteiger partial charge is 0.247 e. The number of aliphatic hydroxyl groups excluding tert-OH is 1.